The number of hydrogen-bond acceptors (Lipinski definition) is 2. The molecule has 0 aliphatic heterocycles. The van der Waals surface area contributed by atoms with Gasteiger partial charge in [-0.15, -0.1) is 0 Å². The van der Waals surface area contributed by atoms with Crippen molar-refractivity contribution in [1.29, 1.82) is 0 Å². The van der Waals surface area contributed by atoms with Crippen molar-refractivity contribution < 1.29 is 10.2 Å². The van der Waals surface area contributed by atoms with E-state index in [9.17, 15) is 10.2 Å². The van der Waals surface area contributed by atoms with Crippen molar-refractivity contribution in [2.45, 2.75) is 27.2 Å². The van der Waals surface area contributed by atoms with Gasteiger partial charge in [0, 0.05) is 5.56 Å². The maximum absolute atomic E-state index is 10.2. The highest BCUT2D eigenvalue weighted by atomic mass is 16.3. The van der Waals surface area contributed by atoms with E-state index < -0.39 is 0 Å². The first-order chi connectivity index (χ1) is 9.52. The first kappa shape index (κ1) is 14.0. The van der Waals surface area contributed by atoms with E-state index in [0.29, 0.717) is 6.42 Å². The van der Waals surface area contributed by atoms with Gasteiger partial charge in [0.25, 0.3) is 0 Å². The summed E-state index contributed by atoms with van der Waals surface area (Å²) in [6, 6.07) is 11.3. The minimum Gasteiger partial charge on any atom is -0.507 e. The van der Waals surface area contributed by atoms with Crippen LogP contribution in [0.2, 0.25) is 0 Å². The van der Waals surface area contributed by atoms with E-state index in [1.807, 2.05) is 51.1 Å². The Hall–Kier alpha value is -2.40. The molecule has 2 aromatic carbocycles. The Labute approximate surface area is 120 Å². The molecule has 0 bridgehead atoms. The van der Waals surface area contributed by atoms with Gasteiger partial charge in [-0.2, -0.15) is 0 Å². The number of phenolic OH excluding ortho intramolecular Hbond substituents is 2. The molecule has 0 atom stereocenters. The molecule has 20 heavy (non-hydrogen) atoms. The van der Waals surface area contributed by atoms with Crippen LogP contribution >= 0.6 is 0 Å². The molecule has 0 fully saturated rings. The lowest BCUT2D eigenvalue weighted by molar-refractivity contribution is 0.445. The fourth-order valence-corrected chi connectivity index (χ4v) is 2.21. The molecule has 0 aromatic heterocycles. The predicted molar refractivity (Wildman–Crippen MR) is 80.8 cm³/mol. The molecule has 0 aliphatic carbocycles. The number of rotatable bonds is 3. The molecular weight excluding hydrogens is 248 g/mol. The smallest absolute Gasteiger partial charge is 0.122 e. The zero-order chi connectivity index (χ0) is 14.7. The van der Waals surface area contributed by atoms with Gasteiger partial charge < -0.3 is 10.2 Å². The van der Waals surface area contributed by atoms with Crippen LogP contribution < -0.4 is 0 Å². The highest BCUT2D eigenvalue weighted by Crippen LogP contribution is 2.36. The maximum atomic E-state index is 10.2. The van der Waals surface area contributed by atoms with Crippen LogP contribution in [0.1, 0.15) is 27.8 Å². The number of phenols is 2. The normalized spacial score (nSPS) is 10.8. The molecule has 0 aliphatic rings. The first-order valence-corrected chi connectivity index (χ1v) is 6.57. The van der Waals surface area contributed by atoms with E-state index in [4.69, 9.17) is 0 Å². The van der Waals surface area contributed by atoms with E-state index in [-0.39, 0.29) is 11.5 Å². The molecular formula is C18H18O2. The zero-order valence-corrected chi connectivity index (χ0v) is 12.0. The predicted octanol–water partition coefficient (Wildman–Crippen LogP) is 3.88. The van der Waals surface area contributed by atoms with E-state index in [2.05, 4.69) is 12.1 Å². The second kappa shape index (κ2) is 5.71. The van der Waals surface area contributed by atoms with Crippen LogP contribution in [0.25, 0.3) is 6.08 Å². The Balaban J connectivity index is 2.29. The van der Waals surface area contributed by atoms with Gasteiger partial charge in [-0.25, -0.2) is 0 Å². The minimum atomic E-state index is 0.270. The van der Waals surface area contributed by atoms with Gasteiger partial charge >= 0.3 is 0 Å². The quantitative estimate of drug-likeness (QED) is 0.828. The summed E-state index contributed by atoms with van der Waals surface area (Å²) in [5.41, 5.74) is 4.02. The van der Waals surface area contributed by atoms with Crippen molar-refractivity contribution in [2.24, 2.45) is 0 Å². The highest BCUT2D eigenvalue weighted by molar-refractivity contribution is 5.58. The largest absolute Gasteiger partial charge is 0.507 e. The van der Waals surface area contributed by atoms with E-state index in [1.165, 1.54) is 0 Å². The number of aromatic hydroxyl groups is 2. The van der Waals surface area contributed by atoms with Crippen LogP contribution in [0.5, 0.6) is 11.5 Å². The highest BCUT2D eigenvalue weighted by Gasteiger charge is 2.15. The Morgan fingerprint density at radius 1 is 1.00 bits per heavy atom. The summed E-state index contributed by atoms with van der Waals surface area (Å²) in [6.45, 7) is 5.46. The topological polar surface area (TPSA) is 40.5 Å². The van der Waals surface area contributed by atoms with E-state index in [1.54, 1.807) is 0 Å². The van der Waals surface area contributed by atoms with Gasteiger partial charge in [0.05, 0.1) is 0 Å². The molecule has 2 N–H and O–H groups in total. The third-order valence-corrected chi connectivity index (χ3v) is 3.68. The van der Waals surface area contributed by atoms with Crippen LogP contribution in [0.15, 0.2) is 24.3 Å². The van der Waals surface area contributed by atoms with Crippen molar-refractivity contribution in [1.82, 2.24) is 0 Å². The summed E-state index contributed by atoms with van der Waals surface area (Å²) in [4.78, 5) is 0. The zero-order valence-electron chi connectivity index (χ0n) is 12.0. The van der Waals surface area contributed by atoms with Crippen molar-refractivity contribution in [2.75, 3.05) is 0 Å². The van der Waals surface area contributed by atoms with Gasteiger partial charge in [0.15, 0.2) is 0 Å². The van der Waals surface area contributed by atoms with E-state index >= 15 is 0 Å². The average molecular weight is 266 g/mol. The summed E-state index contributed by atoms with van der Waals surface area (Å²) >= 11 is 0. The van der Waals surface area contributed by atoms with Crippen LogP contribution in [0.3, 0.4) is 0 Å². The summed E-state index contributed by atoms with van der Waals surface area (Å²) in [5.74, 6) is 0.543. The standard InChI is InChI=1S/C18H18O2/c1-12-13(2)18(20)16(14(3)17(12)19)11-7-10-15-8-5-4-6-9-15/h5,7-10,19-20H,11H2,1-3H3/b10-7+. The Kier molecular flexibility index (Phi) is 4.00. The van der Waals surface area contributed by atoms with Gasteiger partial charge in [0.1, 0.15) is 11.5 Å². The lowest BCUT2D eigenvalue weighted by atomic mass is 9.95. The molecule has 2 heteroatoms. The van der Waals surface area contributed by atoms with Gasteiger partial charge in [-0.05, 0) is 67.6 Å². The van der Waals surface area contributed by atoms with Crippen molar-refractivity contribution in [3.63, 3.8) is 0 Å². The second-order valence-corrected chi connectivity index (χ2v) is 4.92. The molecule has 102 valence electrons. The average Bonchev–Trinajstić information content (AvgIpc) is 2.48. The molecule has 0 spiro atoms. The summed E-state index contributed by atoms with van der Waals surface area (Å²) in [6.07, 6.45) is 4.51. The van der Waals surface area contributed by atoms with E-state index in [0.717, 1.165) is 27.8 Å². The molecule has 2 rings (SSSR count). The molecule has 0 unspecified atom stereocenters. The minimum absolute atomic E-state index is 0.270. The SMILES string of the molecule is Cc1c(C)c(O)c(C/C=C/c2cc#ccc2)c(C)c1O. The number of hydrogen-bond donors (Lipinski definition) is 2. The Morgan fingerprint density at radius 3 is 2.35 bits per heavy atom. The fraction of sp³-hybridized carbons (Fsp3) is 0.222. The number of benzene rings is 1. The van der Waals surface area contributed by atoms with Crippen LogP contribution in [-0.4, -0.2) is 10.2 Å². The van der Waals surface area contributed by atoms with Crippen molar-refractivity contribution >= 4 is 6.08 Å². The molecule has 0 saturated carbocycles. The lowest BCUT2D eigenvalue weighted by Crippen LogP contribution is -1.95. The summed E-state index contributed by atoms with van der Waals surface area (Å²) in [7, 11) is 0. The second-order valence-electron chi connectivity index (χ2n) is 4.92. The van der Waals surface area contributed by atoms with Crippen LogP contribution in [0, 0.1) is 32.9 Å². The van der Waals surface area contributed by atoms with Gasteiger partial charge in [-0.3, -0.25) is 0 Å². The van der Waals surface area contributed by atoms with Crippen LogP contribution in [0.4, 0.5) is 0 Å². The third kappa shape index (κ3) is 2.62. The molecule has 0 radical (unpaired) electrons. The maximum Gasteiger partial charge on any atom is 0.122 e. The number of allylic oxidation sites excluding steroid dienone is 1. The molecule has 0 amide bonds. The Bertz CT molecular complexity index is 611. The van der Waals surface area contributed by atoms with Crippen LogP contribution in [-0.2, 0) is 6.42 Å². The monoisotopic (exact) mass is 266 g/mol. The van der Waals surface area contributed by atoms with Gasteiger partial charge in [-0.1, -0.05) is 24.3 Å². The third-order valence-electron chi connectivity index (χ3n) is 3.68. The molecule has 2 nitrogen and oxygen atoms in total. The van der Waals surface area contributed by atoms with Crippen molar-refractivity contribution in [3.8, 4) is 11.5 Å². The van der Waals surface area contributed by atoms with Gasteiger partial charge in [0.2, 0.25) is 0 Å². The summed E-state index contributed by atoms with van der Waals surface area (Å²) < 4.78 is 0. The summed E-state index contributed by atoms with van der Waals surface area (Å²) in [5, 5.41) is 20.3. The lowest BCUT2D eigenvalue weighted by Gasteiger charge is -2.14. The molecule has 0 saturated heterocycles. The van der Waals surface area contributed by atoms with Crippen molar-refractivity contribution in [3.05, 3.63) is 64.2 Å². The molecule has 2 aromatic rings. The fourth-order valence-electron chi connectivity index (χ4n) is 2.21. The first-order valence-electron chi connectivity index (χ1n) is 6.57. The molecule has 0 heterocycles. The Morgan fingerprint density at radius 2 is 1.70 bits per heavy atom.